The molecule has 1 aromatic rings. The second-order valence-corrected chi connectivity index (χ2v) is 3.89. The lowest BCUT2D eigenvalue weighted by molar-refractivity contribution is -0.137. The smallest absolute Gasteiger partial charge is 0.395 e. The van der Waals surface area contributed by atoms with Crippen LogP contribution in [0.4, 0.5) is 19.0 Å². The highest BCUT2D eigenvalue weighted by Gasteiger charge is 2.31. The second kappa shape index (κ2) is 6.06. The van der Waals surface area contributed by atoms with E-state index in [0.29, 0.717) is 12.7 Å². The van der Waals surface area contributed by atoms with Gasteiger partial charge >= 0.3 is 6.18 Å². The highest BCUT2D eigenvalue weighted by Crippen LogP contribution is 2.33. The molecule has 18 heavy (non-hydrogen) atoms. The summed E-state index contributed by atoms with van der Waals surface area (Å²) >= 11 is 5.78. The lowest BCUT2D eigenvalue weighted by Gasteiger charge is -2.22. The number of aliphatic hydroxyl groups is 1. The van der Waals surface area contributed by atoms with Crippen LogP contribution in [-0.4, -0.2) is 29.8 Å². The first-order chi connectivity index (χ1) is 8.40. The molecule has 1 aromatic heterocycles. The number of hydrogen-bond donors (Lipinski definition) is 1. The molecule has 0 radical (unpaired) electrons. The molecule has 0 aromatic carbocycles. The van der Waals surface area contributed by atoms with Crippen molar-refractivity contribution < 1.29 is 18.3 Å². The van der Waals surface area contributed by atoms with Crippen LogP contribution in [0.3, 0.4) is 0 Å². The number of aliphatic hydroxyl groups excluding tert-OH is 1. The van der Waals surface area contributed by atoms with Gasteiger partial charge in [0.15, 0.2) is 0 Å². The normalized spacial score (nSPS) is 11.4. The number of pyridine rings is 1. The summed E-state index contributed by atoms with van der Waals surface area (Å²) in [5.74, 6) is 0.193. The highest BCUT2D eigenvalue weighted by molar-refractivity contribution is 6.33. The molecular weight excluding hydrogens is 269 g/mol. The molecule has 1 N–H and O–H groups in total. The third kappa shape index (κ3) is 3.61. The molecule has 1 rings (SSSR count). The van der Waals surface area contributed by atoms with E-state index in [1.54, 1.807) is 6.08 Å². The zero-order chi connectivity index (χ0) is 13.8. The molecule has 0 bridgehead atoms. The number of halogens is 4. The van der Waals surface area contributed by atoms with E-state index in [9.17, 15) is 13.2 Å². The summed E-state index contributed by atoms with van der Waals surface area (Å²) in [4.78, 5) is 5.23. The van der Waals surface area contributed by atoms with Crippen LogP contribution < -0.4 is 4.90 Å². The van der Waals surface area contributed by atoms with Crippen LogP contribution in [-0.2, 0) is 6.18 Å². The van der Waals surface area contributed by atoms with E-state index < -0.39 is 11.7 Å². The van der Waals surface area contributed by atoms with Crippen LogP contribution in [0.15, 0.2) is 24.9 Å². The molecule has 3 nitrogen and oxygen atoms in total. The Hall–Kier alpha value is -1.27. The molecule has 0 atom stereocenters. The SMILES string of the molecule is C=CCN(CCO)c1ncc(C(F)(F)F)cc1Cl. The van der Waals surface area contributed by atoms with Crippen molar-refractivity contribution >= 4 is 17.4 Å². The first kappa shape index (κ1) is 14.8. The van der Waals surface area contributed by atoms with Crippen molar-refractivity contribution in [1.82, 2.24) is 4.98 Å². The minimum atomic E-state index is -4.48. The maximum absolute atomic E-state index is 12.4. The summed E-state index contributed by atoms with van der Waals surface area (Å²) in [5.41, 5.74) is -0.904. The standard InChI is InChI=1S/C11H12ClF3N2O/c1-2-3-17(4-5-18)10-9(12)6-8(7-16-10)11(13,14)15/h2,6-7,18H,1,3-5H2. The van der Waals surface area contributed by atoms with Gasteiger partial charge in [0.1, 0.15) is 5.82 Å². The Labute approximate surface area is 108 Å². The zero-order valence-corrected chi connectivity index (χ0v) is 10.2. The number of nitrogens with zero attached hydrogens (tertiary/aromatic N) is 2. The Morgan fingerprint density at radius 2 is 2.17 bits per heavy atom. The maximum atomic E-state index is 12.4. The molecule has 0 saturated carbocycles. The second-order valence-electron chi connectivity index (χ2n) is 3.49. The molecule has 100 valence electrons. The van der Waals surface area contributed by atoms with Gasteiger partial charge in [0.2, 0.25) is 0 Å². The maximum Gasteiger partial charge on any atom is 0.417 e. The summed E-state index contributed by atoms with van der Waals surface area (Å²) in [6, 6.07) is 0.817. The lowest BCUT2D eigenvalue weighted by Crippen LogP contribution is -2.28. The Bertz CT molecular complexity index is 423. The zero-order valence-electron chi connectivity index (χ0n) is 9.41. The molecule has 0 unspecified atom stereocenters. The fourth-order valence-corrected chi connectivity index (χ4v) is 1.66. The van der Waals surface area contributed by atoms with Gasteiger partial charge in [-0.15, -0.1) is 6.58 Å². The molecular formula is C11H12ClF3N2O. The van der Waals surface area contributed by atoms with Crippen molar-refractivity contribution in [1.29, 1.82) is 0 Å². The summed E-state index contributed by atoms with van der Waals surface area (Å²) in [6.45, 7) is 3.91. The van der Waals surface area contributed by atoms with E-state index in [-0.39, 0.29) is 24.0 Å². The third-order valence-corrected chi connectivity index (χ3v) is 2.45. The first-order valence-electron chi connectivity index (χ1n) is 5.09. The number of rotatable bonds is 5. The van der Waals surface area contributed by atoms with Gasteiger partial charge in [0.25, 0.3) is 0 Å². The predicted octanol–water partition coefficient (Wildman–Crippen LogP) is 2.74. The molecule has 0 fully saturated rings. The molecule has 0 saturated heterocycles. The van der Waals surface area contributed by atoms with Gasteiger partial charge in [-0.1, -0.05) is 17.7 Å². The molecule has 0 amide bonds. The van der Waals surface area contributed by atoms with Crippen LogP contribution in [0.1, 0.15) is 5.56 Å². The van der Waals surface area contributed by atoms with Gasteiger partial charge in [0.05, 0.1) is 17.2 Å². The van der Waals surface area contributed by atoms with E-state index in [1.807, 2.05) is 0 Å². The summed E-state index contributed by atoms with van der Waals surface area (Å²) < 4.78 is 37.3. The summed E-state index contributed by atoms with van der Waals surface area (Å²) in [5, 5.41) is 8.76. The number of anilines is 1. The van der Waals surface area contributed by atoms with Crippen molar-refractivity contribution in [3.8, 4) is 0 Å². The topological polar surface area (TPSA) is 36.4 Å². The van der Waals surface area contributed by atoms with Crippen LogP contribution in [0.25, 0.3) is 0 Å². The van der Waals surface area contributed by atoms with Crippen molar-refractivity contribution in [3.63, 3.8) is 0 Å². The average Bonchev–Trinajstić information content (AvgIpc) is 2.27. The van der Waals surface area contributed by atoms with Crippen LogP contribution in [0.5, 0.6) is 0 Å². The average molecular weight is 281 g/mol. The Kier molecular flexibility index (Phi) is 4.98. The van der Waals surface area contributed by atoms with Crippen LogP contribution in [0.2, 0.25) is 5.02 Å². The van der Waals surface area contributed by atoms with E-state index in [0.717, 1.165) is 6.07 Å². The van der Waals surface area contributed by atoms with Gasteiger partial charge in [0, 0.05) is 19.3 Å². The Morgan fingerprint density at radius 1 is 1.50 bits per heavy atom. The van der Waals surface area contributed by atoms with Crippen molar-refractivity contribution in [2.45, 2.75) is 6.18 Å². The number of hydrogen-bond acceptors (Lipinski definition) is 3. The van der Waals surface area contributed by atoms with Gasteiger partial charge < -0.3 is 10.0 Å². The third-order valence-electron chi connectivity index (χ3n) is 2.17. The quantitative estimate of drug-likeness (QED) is 0.843. The molecule has 1 heterocycles. The number of aromatic nitrogens is 1. The molecule has 0 spiro atoms. The van der Waals surface area contributed by atoms with E-state index in [1.165, 1.54) is 4.90 Å². The first-order valence-corrected chi connectivity index (χ1v) is 5.47. The monoisotopic (exact) mass is 280 g/mol. The minimum absolute atomic E-state index is 0.111. The molecule has 7 heteroatoms. The number of alkyl halides is 3. The Balaban J connectivity index is 3.06. The fraction of sp³-hybridized carbons (Fsp3) is 0.364. The van der Waals surface area contributed by atoms with E-state index >= 15 is 0 Å². The van der Waals surface area contributed by atoms with Crippen LogP contribution in [0, 0.1) is 0 Å². The van der Waals surface area contributed by atoms with Crippen molar-refractivity contribution in [2.24, 2.45) is 0 Å². The van der Waals surface area contributed by atoms with Crippen molar-refractivity contribution in [3.05, 3.63) is 35.5 Å². The molecule has 0 aliphatic rings. The summed E-state index contributed by atoms with van der Waals surface area (Å²) in [6.07, 6.45) is -2.21. The van der Waals surface area contributed by atoms with Crippen molar-refractivity contribution in [2.75, 3.05) is 24.6 Å². The molecule has 0 aliphatic carbocycles. The van der Waals surface area contributed by atoms with Gasteiger partial charge in [-0.2, -0.15) is 13.2 Å². The largest absolute Gasteiger partial charge is 0.417 e. The van der Waals surface area contributed by atoms with Gasteiger partial charge in [-0.25, -0.2) is 4.98 Å². The fourth-order valence-electron chi connectivity index (χ4n) is 1.38. The summed E-state index contributed by atoms with van der Waals surface area (Å²) in [7, 11) is 0. The molecule has 0 aliphatic heterocycles. The minimum Gasteiger partial charge on any atom is -0.395 e. The van der Waals surface area contributed by atoms with Crippen LogP contribution >= 0.6 is 11.6 Å². The van der Waals surface area contributed by atoms with E-state index in [4.69, 9.17) is 16.7 Å². The lowest BCUT2D eigenvalue weighted by atomic mass is 10.2. The van der Waals surface area contributed by atoms with Gasteiger partial charge in [-0.3, -0.25) is 0 Å². The highest BCUT2D eigenvalue weighted by atomic mass is 35.5. The predicted molar refractivity (Wildman–Crippen MR) is 63.7 cm³/mol. The van der Waals surface area contributed by atoms with Gasteiger partial charge in [-0.05, 0) is 6.07 Å². The van der Waals surface area contributed by atoms with E-state index in [2.05, 4.69) is 11.6 Å². The Morgan fingerprint density at radius 3 is 2.61 bits per heavy atom.